The first-order valence-corrected chi connectivity index (χ1v) is 7.41. The Morgan fingerprint density at radius 1 is 1.31 bits per heavy atom. The van der Waals surface area contributed by atoms with Gasteiger partial charge in [0.15, 0.2) is 0 Å². The molecule has 0 bridgehead atoms. The lowest BCUT2D eigenvalue weighted by atomic mass is 9.90. The van der Waals surface area contributed by atoms with Gasteiger partial charge in [-0.25, -0.2) is 0 Å². The molecule has 0 amide bonds. The maximum atomic E-state index is 12.0. The number of fused-ring (bicyclic) bond motifs is 1. The van der Waals surface area contributed by atoms with E-state index in [1.54, 1.807) is 4.31 Å². The molecule has 2 aliphatic heterocycles. The third kappa shape index (κ3) is 2.56. The molecule has 6 heteroatoms. The van der Waals surface area contributed by atoms with Gasteiger partial charge in [0.2, 0.25) is 0 Å². The van der Waals surface area contributed by atoms with E-state index in [4.69, 9.17) is 0 Å². The molecular formula is C10H21N3O2S. The Kier molecular flexibility index (Phi) is 3.53. The third-order valence-electron chi connectivity index (χ3n) is 3.39. The van der Waals surface area contributed by atoms with Crippen molar-refractivity contribution in [2.75, 3.05) is 26.2 Å². The molecule has 0 radical (unpaired) electrons. The van der Waals surface area contributed by atoms with Crippen LogP contribution < -0.4 is 10.0 Å². The highest BCUT2D eigenvalue weighted by Crippen LogP contribution is 2.27. The predicted octanol–water partition coefficient (Wildman–Crippen LogP) is -0.229. The molecule has 0 saturated carbocycles. The molecule has 2 saturated heterocycles. The van der Waals surface area contributed by atoms with E-state index in [1.165, 1.54) is 0 Å². The van der Waals surface area contributed by atoms with Crippen molar-refractivity contribution in [3.05, 3.63) is 0 Å². The van der Waals surface area contributed by atoms with E-state index in [1.807, 2.05) is 13.8 Å². The molecule has 2 rings (SSSR count). The topological polar surface area (TPSA) is 61.4 Å². The Morgan fingerprint density at radius 3 is 2.69 bits per heavy atom. The van der Waals surface area contributed by atoms with Crippen molar-refractivity contribution >= 4 is 10.2 Å². The summed E-state index contributed by atoms with van der Waals surface area (Å²) in [5, 5.41) is 3.34. The summed E-state index contributed by atoms with van der Waals surface area (Å²) in [4.78, 5) is 0. The second-order valence-corrected chi connectivity index (χ2v) is 6.80. The molecule has 5 nitrogen and oxygen atoms in total. The van der Waals surface area contributed by atoms with E-state index in [2.05, 4.69) is 10.0 Å². The normalized spacial score (nSPS) is 31.9. The Balaban J connectivity index is 2.00. The van der Waals surface area contributed by atoms with Crippen LogP contribution in [0.2, 0.25) is 0 Å². The fraction of sp³-hybridized carbons (Fsp3) is 1.00. The maximum Gasteiger partial charge on any atom is 0.279 e. The number of piperidine rings is 1. The summed E-state index contributed by atoms with van der Waals surface area (Å²) >= 11 is 0. The highest BCUT2D eigenvalue weighted by atomic mass is 32.2. The molecule has 2 N–H and O–H groups in total. The molecule has 2 heterocycles. The van der Waals surface area contributed by atoms with Gasteiger partial charge in [-0.05, 0) is 45.2 Å². The van der Waals surface area contributed by atoms with Crippen LogP contribution in [-0.2, 0) is 10.2 Å². The molecule has 2 fully saturated rings. The van der Waals surface area contributed by atoms with Crippen LogP contribution >= 0.6 is 0 Å². The molecule has 0 aromatic heterocycles. The second-order valence-electron chi connectivity index (χ2n) is 5.10. The minimum atomic E-state index is -3.27. The van der Waals surface area contributed by atoms with E-state index in [0.29, 0.717) is 24.9 Å². The summed E-state index contributed by atoms with van der Waals surface area (Å²) < 4.78 is 28.2. The quantitative estimate of drug-likeness (QED) is 0.724. The first kappa shape index (κ1) is 12.3. The molecule has 16 heavy (non-hydrogen) atoms. The smallest absolute Gasteiger partial charge is 0.279 e. The van der Waals surface area contributed by atoms with Crippen LogP contribution in [0.4, 0.5) is 0 Å². The van der Waals surface area contributed by atoms with E-state index in [-0.39, 0.29) is 6.04 Å². The van der Waals surface area contributed by atoms with Crippen molar-refractivity contribution < 1.29 is 8.42 Å². The van der Waals surface area contributed by atoms with Gasteiger partial charge in [0.1, 0.15) is 0 Å². The van der Waals surface area contributed by atoms with Gasteiger partial charge >= 0.3 is 0 Å². The summed E-state index contributed by atoms with van der Waals surface area (Å²) in [6, 6.07) is -0.0376. The standard InChI is InChI=1S/C10H21N3O2S/c1-8(2)12-16(14,15)13-4-3-9-5-11-6-10(9)7-13/h8-12H,3-7H2,1-2H3. The van der Waals surface area contributed by atoms with Crippen LogP contribution in [0.5, 0.6) is 0 Å². The fourth-order valence-corrected chi connectivity index (χ4v) is 4.07. The largest absolute Gasteiger partial charge is 0.316 e. The number of nitrogens with one attached hydrogen (secondary N) is 2. The molecule has 0 aromatic rings. The Hall–Kier alpha value is -0.170. The molecule has 2 unspecified atom stereocenters. The van der Waals surface area contributed by atoms with Crippen molar-refractivity contribution in [2.24, 2.45) is 11.8 Å². The van der Waals surface area contributed by atoms with Gasteiger partial charge < -0.3 is 5.32 Å². The van der Waals surface area contributed by atoms with Crippen molar-refractivity contribution in [1.82, 2.24) is 14.3 Å². The number of hydrogen-bond donors (Lipinski definition) is 2. The molecular weight excluding hydrogens is 226 g/mol. The van der Waals surface area contributed by atoms with Gasteiger partial charge in [-0.2, -0.15) is 17.4 Å². The van der Waals surface area contributed by atoms with Crippen LogP contribution in [-0.4, -0.2) is 44.9 Å². The SMILES string of the molecule is CC(C)NS(=O)(=O)N1CCC2CNCC2C1. The van der Waals surface area contributed by atoms with E-state index < -0.39 is 10.2 Å². The van der Waals surface area contributed by atoms with Gasteiger partial charge in [-0.15, -0.1) is 0 Å². The second kappa shape index (κ2) is 4.60. The van der Waals surface area contributed by atoms with Gasteiger partial charge in [-0.1, -0.05) is 0 Å². The lowest BCUT2D eigenvalue weighted by molar-refractivity contribution is 0.225. The van der Waals surface area contributed by atoms with Crippen LogP contribution in [0.25, 0.3) is 0 Å². The van der Waals surface area contributed by atoms with Gasteiger partial charge in [-0.3, -0.25) is 0 Å². The van der Waals surface area contributed by atoms with E-state index >= 15 is 0 Å². The summed E-state index contributed by atoms with van der Waals surface area (Å²) in [5.41, 5.74) is 0. The van der Waals surface area contributed by atoms with E-state index in [9.17, 15) is 8.42 Å². The average Bonchev–Trinajstić information content (AvgIpc) is 2.61. The Labute approximate surface area is 97.8 Å². The highest BCUT2D eigenvalue weighted by Gasteiger charge is 2.37. The minimum absolute atomic E-state index is 0.0376. The highest BCUT2D eigenvalue weighted by molar-refractivity contribution is 7.87. The molecule has 0 aliphatic carbocycles. The lowest BCUT2D eigenvalue weighted by Crippen LogP contribution is -2.49. The molecule has 2 aliphatic rings. The van der Waals surface area contributed by atoms with Crippen LogP contribution in [0.15, 0.2) is 0 Å². The zero-order valence-electron chi connectivity index (χ0n) is 9.94. The minimum Gasteiger partial charge on any atom is -0.316 e. The van der Waals surface area contributed by atoms with Crippen LogP contribution in [0.1, 0.15) is 20.3 Å². The van der Waals surface area contributed by atoms with Crippen molar-refractivity contribution in [2.45, 2.75) is 26.3 Å². The van der Waals surface area contributed by atoms with Crippen LogP contribution in [0, 0.1) is 11.8 Å². The van der Waals surface area contributed by atoms with Crippen LogP contribution in [0.3, 0.4) is 0 Å². The first-order valence-electron chi connectivity index (χ1n) is 5.97. The summed E-state index contributed by atoms with van der Waals surface area (Å²) in [7, 11) is -3.27. The van der Waals surface area contributed by atoms with Gasteiger partial charge in [0.25, 0.3) is 10.2 Å². The van der Waals surface area contributed by atoms with Crippen molar-refractivity contribution in [3.63, 3.8) is 0 Å². The summed E-state index contributed by atoms with van der Waals surface area (Å²) in [6.07, 6.45) is 0.983. The summed E-state index contributed by atoms with van der Waals surface area (Å²) in [6.45, 7) is 7.03. The van der Waals surface area contributed by atoms with Gasteiger partial charge in [0.05, 0.1) is 0 Å². The molecule has 0 spiro atoms. The molecule has 94 valence electrons. The maximum absolute atomic E-state index is 12.0. The number of hydrogen-bond acceptors (Lipinski definition) is 3. The first-order chi connectivity index (χ1) is 7.49. The zero-order chi connectivity index (χ0) is 11.8. The monoisotopic (exact) mass is 247 g/mol. The van der Waals surface area contributed by atoms with Crippen molar-refractivity contribution in [3.8, 4) is 0 Å². The van der Waals surface area contributed by atoms with E-state index in [0.717, 1.165) is 19.5 Å². The average molecular weight is 247 g/mol. The predicted molar refractivity (Wildman–Crippen MR) is 63.2 cm³/mol. The van der Waals surface area contributed by atoms with Gasteiger partial charge in [0, 0.05) is 19.1 Å². The summed E-state index contributed by atoms with van der Waals surface area (Å²) in [5.74, 6) is 1.17. The fourth-order valence-electron chi connectivity index (χ4n) is 2.59. The third-order valence-corrected chi connectivity index (χ3v) is 5.17. The number of nitrogens with zero attached hydrogens (tertiary/aromatic N) is 1. The molecule has 2 atom stereocenters. The molecule has 0 aromatic carbocycles. The lowest BCUT2D eigenvalue weighted by Gasteiger charge is -2.33. The van der Waals surface area contributed by atoms with Crippen molar-refractivity contribution in [1.29, 1.82) is 0 Å². The number of rotatable bonds is 3. The Morgan fingerprint density at radius 2 is 2.00 bits per heavy atom. The zero-order valence-corrected chi connectivity index (χ0v) is 10.8. The Bertz CT molecular complexity index is 342.